The lowest BCUT2D eigenvalue weighted by Gasteiger charge is -2.26. The highest BCUT2D eigenvalue weighted by atomic mass is 16.2. The van der Waals surface area contributed by atoms with E-state index < -0.39 is 34.9 Å². The van der Waals surface area contributed by atoms with Gasteiger partial charge in [-0.15, -0.1) is 0 Å². The molecule has 0 aliphatic carbocycles. The Morgan fingerprint density at radius 2 is 1.73 bits per heavy atom. The van der Waals surface area contributed by atoms with Gasteiger partial charge in [0.2, 0.25) is 5.91 Å². The summed E-state index contributed by atoms with van der Waals surface area (Å²) < 4.78 is 2.01. The van der Waals surface area contributed by atoms with Crippen molar-refractivity contribution in [3.05, 3.63) is 65.9 Å². The number of nitrogens with one attached hydrogen (secondary N) is 2. The SMILES string of the molecule is CCCCn1c(N)c(N(CC(C)C)C(=O)Cn2c(=O)[nH]c3ccccc3c2=O)c(=O)[nH]c1=O. The Hall–Kier alpha value is -3.89. The Balaban J connectivity index is 2.10. The molecule has 2 aromatic heterocycles. The summed E-state index contributed by atoms with van der Waals surface area (Å²) in [4.78, 5) is 69.6. The van der Waals surface area contributed by atoms with E-state index in [1.165, 1.54) is 4.57 Å². The number of fused-ring (bicyclic) bond motifs is 1. The highest BCUT2D eigenvalue weighted by Crippen LogP contribution is 2.19. The van der Waals surface area contributed by atoms with Crippen LogP contribution in [0.25, 0.3) is 10.9 Å². The highest BCUT2D eigenvalue weighted by molar-refractivity contribution is 5.95. The van der Waals surface area contributed by atoms with Gasteiger partial charge in [0.05, 0.1) is 10.9 Å². The van der Waals surface area contributed by atoms with Crippen LogP contribution < -0.4 is 33.1 Å². The van der Waals surface area contributed by atoms with Gasteiger partial charge in [0, 0.05) is 13.1 Å². The Bertz CT molecular complexity index is 1410. The summed E-state index contributed by atoms with van der Waals surface area (Å²) in [6.45, 7) is 5.40. The number of unbranched alkanes of at least 4 members (excludes halogenated alkanes) is 1. The molecule has 0 aliphatic rings. The molecule has 0 unspecified atom stereocenters. The average molecular weight is 457 g/mol. The first-order valence-electron chi connectivity index (χ1n) is 10.8. The van der Waals surface area contributed by atoms with Crippen molar-refractivity contribution in [2.45, 2.75) is 46.7 Å². The molecule has 0 saturated carbocycles. The number of carbonyl (C=O) groups is 1. The minimum atomic E-state index is -0.806. The van der Waals surface area contributed by atoms with Crippen LogP contribution in [0.1, 0.15) is 33.6 Å². The number of amides is 1. The molecule has 0 radical (unpaired) electrons. The molecule has 33 heavy (non-hydrogen) atoms. The fourth-order valence-corrected chi connectivity index (χ4v) is 3.62. The van der Waals surface area contributed by atoms with Crippen molar-refractivity contribution in [2.75, 3.05) is 17.2 Å². The molecule has 0 saturated heterocycles. The van der Waals surface area contributed by atoms with Crippen LogP contribution in [0, 0.1) is 5.92 Å². The largest absolute Gasteiger partial charge is 0.383 e. The maximum Gasteiger partial charge on any atom is 0.330 e. The first kappa shape index (κ1) is 23.8. The molecule has 11 nitrogen and oxygen atoms in total. The number of carbonyl (C=O) groups excluding carboxylic acids is 1. The van der Waals surface area contributed by atoms with Gasteiger partial charge < -0.3 is 15.6 Å². The zero-order chi connectivity index (χ0) is 24.3. The molecular weight excluding hydrogens is 428 g/mol. The van der Waals surface area contributed by atoms with Crippen molar-refractivity contribution in [2.24, 2.45) is 5.92 Å². The second-order valence-corrected chi connectivity index (χ2v) is 8.26. The topological polar surface area (TPSA) is 156 Å². The van der Waals surface area contributed by atoms with Gasteiger partial charge >= 0.3 is 11.4 Å². The van der Waals surface area contributed by atoms with Crippen LogP contribution >= 0.6 is 0 Å². The lowest BCUT2D eigenvalue weighted by molar-refractivity contribution is -0.119. The number of aromatic nitrogens is 4. The van der Waals surface area contributed by atoms with E-state index in [9.17, 15) is 24.0 Å². The molecule has 1 aromatic carbocycles. The van der Waals surface area contributed by atoms with Crippen LogP contribution in [0.15, 0.2) is 43.4 Å². The molecule has 0 bridgehead atoms. The van der Waals surface area contributed by atoms with Crippen LogP contribution in [-0.4, -0.2) is 31.6 Å². The van der Waals surface area contributed by atoms with E-state index in [0.717, 1.165) is 15.9 Å². The molecule has 11 heteroatoms. The summed E-state index contributed by atoms with van der Waals surface area (Å²) in [5.41, 5.74) is 3.54. The smallest absolute Gasteiger partial charge is 0.330 e. The van der Waals surface area contributed by atoms with Crippen LogP contribution in [0.2, 0.25) is 0 Å². The van der Waals surface area contributed by atoms with E-state index in [1.807, 2.05) is 20.8 Å². The Morgan fingerprint density at radius 3 is 2.39 bits per heavy atom. The van der Waals surface area contributed by atoms with Gasteiger partial charge in [0.1, 0.15) is 12.4 Å². The third-order valence-electron chi connectivity index (χ3n) is 5.25. The molecular formula is C22H28N6O5. The molecule has 0 atom stereocenters. The lowest BCUT2D eigenvalue weighted by Crippen LogP contribution is -2.46. The van der Waals surface area contributed by atoms with Crippen LogP contribution in [0.5, 0.6) is 0 Å². The van der Waals surface area contributed by atoms with E-state index >= 15 is 0 Å². The van der Waals surface area contributed by atoms with Gasteiger partial charge in [-0.25, -0.2) is 9.59 Å². The Kier molecular flexibility index (Phi) is 7.00. The number of hydrogen-bond acceptors (Lipinski definition) is 6. The molecule has 3 rings (SSSR count). The van der Waals surface area contributed by atoms with Crippen LogP contribution in [-0.2, 0) is 17.9 Å². The highest BCUT2D eigenvalue weighted by Gasteiger charge is 2.26. The third-order valence-corrected chi connectivity index (χ3v) is 5.25. The molecule has 1 amide bonds. The Labute approximate surface area is 188 Å². The standard InChI is InChI=1S/C22H28N6O5/c1-4-5-10-26-18(23)17(19(30)25-22(26)33)27(11-13(2)3)16(29)12-28-20(31)14-8-6-7-9-15(14)24-21(28)32/h6-9,13H,4-5,10-12,23H2,1-3H3,(H,24,32)(H,25,30,33). The predicted octanol–water partition coefficient (Wildman–Crippen LogP) is 0.611. The molecule has 176 valence electrons. The minimum absolute atomic E-state index is 0.0737. The van der Waals surface area contributed by atoms with E-state index in [4.69, 9.17) is 5.73 Å². The maximum absolute atomic E-state index is 13.3. The number of nitrogens with zero attached hydrogens (tertiary/aromatic N) is 3. The van der Waals surface area contributed by atoms with Gasteiger partial charge in [0.15, 0.2) is 5.69 Å². The monoisotopic (exact) mass is 456 g/mol. The van der Waals surface area contributed by atoms with Crippen molar-refractivity contribution >= 4 is 28.3 Å². The van der Waals surface area contributed by atoms with Crippen molar-refractivity contribution in [3.63, 3.8) is 0 Å². The second-order valence-electron chi connectivity index (χ2n) is 8.26. The van der Waals surface area contributed by atoms with Crippen molar-refractivity contribution in [1.29, 1.82) is 0 Å². The zero-order valence-corrected chi connectivity index (χ0v) is 18.9. The van der Waals surface area contributed by atoms with Crippen LogP contribution in [0.3, 0.4) is 0 Å². The number of H-pyrrole nitrogens is 2. The number of hydrogen-bond donors (Lipinski definition) is 3. The fourth-order valence-electron chi connectivity index (χ4n) is 3.62. The number of nitrogens with two attached hydrogens (primary N) is 1. The quantitative estimate of drug-likeness (QED) is 0.451. The summed E-state index contributed by atoms with van der Waals surface area (Å²) in [6.07, 6.45) is 1.44. The van der Waals surface area contributed by atoms with Crippen molar-refractivity contribution in [3.8, 4) is 0 Å². The first-order valence-corrected chi connectivity index (χ1v) is 10.8. The molecule has 4 N–H and O–H groups in total. The Morgan fingerprint density at radius 1 is 1.06 bits per heavy atom. The van der Waals surface area contributed by atoms with Crippen molar-refractivity contribution in [1.82, 2.24) is 19.1 Å². The van der Waals surface area contributed by atoms with Crippen LogP contribution in [0.4, 0.5) is 11.5 Å². The summed E-state index contributed by atoms with van der Waals surface area (Å²) in [5.74, 6) is -0.884. The van der Waals surface area contributed by atoms with Gasteiger partial charge in [-0.05, 0) is 24.5 Å². The average Bonchev–Trinajstić information content (AvgIpc) is 2.75. The predicted molar refractivity (Wildman–Crippen MR) is 127 cm³/mol. The number of para-hydroxylation sites is 1. The molecule has 0 spiro atoms. The molecule has 2 heterocycles. The normalized spacial score (nSPS) is 11.3. The van der Waals surface area contributed by atoms with Gasteiger partial charge in [-0.3, -0.25) is 28.5 Å². The zero-order valence-electron chi connectivity index (χ0n) is 18.9. The summed E-state index contributed by atoms with van der Waals surface area (Å²) >= 11 is 0. The maximum atomic E-state index is 13.3. The van der Waals surface area contributed by atoms with E-state index in [2.05, 4.69) is 9.97 Å². The number of aromatic amines is 2. The first-order chi connectivity index (χ1) is 15.6. The van der Waals surface area contributed by atoms with Gasteiger partial charge in [0.25, 0.3) is 11.1 Å². The summed E-state index contributed by atoms with van der Waals surface area (Å²) in [5, 5.41) is 0.255. The summed E-state index contributed by atoms with van der Waals surface area (Å²) in [6, 6.07) is 6.47. The molecule has 3 aromatic rings. The fraction of sp³-hybridized carbons (Fsp3) is 0.409. The van der Waals surface area contributed by atoms with E-state index in [1.54, 1.807) is 24.3 Å². The number of nitrogen functional groups attached to an aromatic ring is 1. The van der Waals surface area contributed by atoms with Gasteiger partial charge in [-0.1, -0.05) is 39.3 Å². The molecule has 0 fully saturated rings. The summed E-state index contributed by atoms with van der Waals surface area (Å²) in [7, 11) is 0. The number of benzene rings is 1. The van der Waals surface area contributed by atoms with E-state index in [-0.39, 0.29) is 35.9 Å². The van der Waals surface area contributed by atoms with E-state index in [0.29, 0.717) is 11.9 Å². The van der Waals surface area contributed by atoms with Gasteiger partial charge in [-0.2, -0.15) is 0 Å². The minimum Gasteiger partial charge on any atom is -0.383 e. The van der Waals surface area contributed by atoms with Crippen molar-refractivity contribution < 1.29 is 4.79 Å². The second kappa shape index (κ2) is 9.72. The third kappa shape index (κ3) is 4.81. The molecule has 0 aliphatic heterocycles. The number of rotatable bonds is 8. The lowest BCUT2D eigenvalue weighted by atomic mass is 10.2. The number of anilines is 2.